The van der Waals surface area contributed by atoms with Crippen LogP contribution in [0.15, 0.2) is 24.3 Å². The van der Waals surface area contributed by atoms with E-state index in [1.165, 1.54) is 24.0 Å². The number of aromatic nitrogens is 2. The zero-order chi connectivity index (χ0) is 14.3. The Bertz CT molecular complexity index is 621. The molecular weight excluding hydrogens is 246 g/mol. The standard InChI is InChI=1S/C17H23N3/c1-4-15-19-16(17(18)20(15)11(2)3)14-8-6-5-7-13(14)12-9-10-12/h5-8,11-12H,4,9-10,18H2,1-3H3. The Morgan fingerprint density at radius 2 is 2.00 bits per heavy atom. The third-order valence-corrected chi connectivity index (χ3v) is 4.09. The molecule has 106 valence electrons. The van der Waals surface area contributed by atoms with Gasteiger partial charge in [0.05, 0.1) is 0 Å². The molecule has 0 aliphatic heterocycles. The van der Waals surface area contributed by atoms with E-state index in [0.717, 1.165) is 23.8 Å². The van der Waals surface area contributed by atoms with E-state index >= 15 is 0 Å². The van der Waals surface area contributed by atoms with Crippen LogP contribution >= 0.6 is 0 Å². The topological polar surface area (TPSA) is 43.8 Å². The Morgan fingerprint density at radius 1 is 1.30 bits per heavy atom. The second kappa shape index (κ2) is 4.97. The van der Waals surface area contributed by atoms with E-state index in [9.17, 15) is 0 Å². The van der Waals surface area contributed by atoms with Gasteiger partial charge >= 0.3 is 0 Å². The summed E-state index contributed by atoms with van der Waals surface area (Å²) in [6.07, 6.45) is 3.50. The molecule has 0 amide bonds. The molecule has 0 bridgehead atoms. The molecule has 0 spiro atoms. The molecule has 0 saturated heterocycles. The molecule has 1 saturated carbocycles. The summed E-state index contributed by atoms with van der Waals surface area (Å²) in [5.41, 5.74) is 10.0. The maximum absolute atomic E-state index is 6.40. The van der Waals surface area contributed by atoms with Gasteiger partial charge in [0, 0.05) is 18.0 Å². The first-order chi connectivity index (χ1) is 9.63. The van der Waals surface area contributed by atoms with Crippen LogP contribution in [0.3, 0.4) is 0 Å². The minimum absolute atomic E-state index is 0.347. The number of hydrogen-bond acceptors (Lipinski definition) is 2. The minimum atomic E-state index is 0.347. The number of aryl methyl sites for hydroxylation is 1. The van der Waals surface area contributed by atoms with Gasteiger partial charge < -0.3 is 10.3 Å². The lowest BCUT2D eigenvalue weighted by molar-refractivity contribution is 0.579. The van der Waals surface area contributed by atoms with Crippen molar-refractivity contribution >= 4 is 5.82 Å². The first-order valence-electron chi connectivity index (χ1n) is 7.59. The van der Waals surface area contributed by atoms with Gasteiger partial charge in [0.2, 0.25) is 0 Å². The summed E-state index contributed by atoms with van der Waals surface area (Å²) in [6, 6.07) is 8.94. The van der Waals surface area contributed by atoms with Crippen molar-refractivity contribution in [3.05, 3.63) is 35.7 Å². The normalized spacial score (nSPS) is 15.0. The summed E-state index contributed by atoms with van der Waals surface area (Å²) in [5.74, 6) is 2.60. The molecule has 1 heterocycles. The quantitative estimate of drug-likeness (QED) is 0.906. The highest BCUT2D eigenvalue weighted by atomic mass is 15.2. The molecule has 1 fully saturated rings. The molecule has 20 heavy (non-hydrogen) atoms. The lowest BCUT2D eigenvalue weighted by Gasteiger charge is -2.13. The largest absolute Gasteiger partial charge is 0.383 e. The summed E-state index contributed by atoms with van der Waals surface area (Å²) in [4.78, 5) is 4.83. The Hall–Kier alpha value is -1.77. The molecule has 0 radical (unpaired) electrons. The molecule has 3 nitrogen and oxygen atoms in total. The predicted octanol–water partition coefficient (Wildman–Crippen LogP) is 4.15. The van der Waals surface area contributed by atoms with E-state index in [-0.39, 0.29) is 0 Å². The van der Waals surface area contributed by atoms with Gasteiger partial charge in [0.15, 0.2) is 0 Å². The highest BCUT2D eigenvalue weighted by molar-refractivity contribution is 5.74. The van der Waals surface area contributed by atoms with Gasteiger partial charge in [-0.15, -0.1) is 0 Å². The van der Waals surface area contributed by atoms with Crippen molar-refractivity contribution in [3.8, 4) is 11.3 Å². The fraction of sp³-hybridized carbons (Fsp3) is 0.471. The molecule has 3 rings (SSSR count). The monoisotopic (exact) mass is 269 g/mol. The van der Waals surface area contributed by atoms with Crippen molar-refractivity contribution in [2.75, 3.05) is 5.73 Å². The van der Waals surface area contributed by atoms with Crippen LogP contribution < -0.4 is 5.73 Å². The van der Waals surface area contributed by atoms with E-state index in [0.29, 0.717) is 12.0 Å². The Labute approximate surface area is 120 Å². The number of nitrogens with two attached hydrogens (primary N) is 1. The number of anilines is 1. The molecule has 2 aromatic rings. The second-order valence-corrected chi connectivity index (χ2v) is 5.94. The average Bonchev–Trinajstić information content (AvgIpc) is 3.22. The number of rotatable bonds is 4. The predicted molar refractivity (Wildman–Crippen MR) is 83.8 cm³/mol. The number of nitrogen functional groups attached to an aromatic ring is 1. The highest BCUT2D eigenvalue weighted by Gasteiger charge is 2.28. The molecule has 1 aromatic carbocycles. The maximum Gasteiger partial charge on any atom is 0.131 e. The molecule has 1 aliphatic rings. The van der Waals surface area contributed by atoms with Crippen LogP contribution in [0.25, 0.3) is 11.3 Å². The molecule has 1 aromatic heterocycles. The molecule has 1 aliphatic carbocycles. The zero-order valence-corrected chi connectivity index (χ0v) is 12.6. The minimum Gasteiger partial charge on any atom is -0.383 e. The van der Waals surface area contributed by atoms with Crippen LogP contribution in [0, 0.1) is 0 Å². The molecular formula is C17H23N3. The van der Waals surface area contributed by atoms with Crippen molar-refractivity contribution in [2.45, 2.75) is 52.0 Å². The second-order valence-electron chi connectivity index (χ2n) is 5.94. The fourth-order valence-corrected chi connectivity index (χ4v) is 2.98. The smallest absolute Gasteiger partial charge is 0.131 e. The SMILES string of the molecule is CCc1nc(-c2ccccc2C2CC2)c(N)n1C(C)C. The van der Waals surface area contributed by atoms with Gasteiger partial charge in [0.25, 0.3) is 0 Å². The van der Waals surface area contributed by atoms with Gasteiger partial charge in [-0.1, -0.05) is 31.2 Å². The summed E-state index contributed by atoms with van der Waals surface area (Å²) >= 11 is 0. The molecule has 0 atom stereocenters. The van der Waals surface area contributed by atoms with Gasteiger partial charge in [0.1, 0.15) is 17.3 Å². The van der Waals surface area contributed by atoms with E-state index < -0.39 is 0 Å². The van der Waals surface area contributed by atoms with E-state index in [2.05, 4.69) is 49.6 Å². The van der Waals surface area contributed by atoms with Crippen LogP contribution in [0.4, 0.5) is 5.82 Å². The van der Waals surface area contributed by atoms with Crippen LogP contribution in [0.1, 0.15) is 57.0 Å². The number of nitrogens with zero attached hydrogens (tertiary/aromatic N) is 2. The maximum atomic E-state index is 6.40. The van der Waals surface area contributed by atoms with Gasteiger partial charge in [-0.2, -0.15) is 0 Å². The third-order valence-electron chi connectivity index (χ3n) is 4.09. The zero-order valence-electron chi connectivity index (χ0n) is 12.6. The Balaban J connectivity index is 2.15. The Morgan fingerprint density at radius 3 is 2.55 bits per heavy atom. The van der Waals surface area contributed by atoms with Crippen LogP contribution in [0.2, 0.25) is 0 Å². The van der Waals surface area contributed by atoms with Crippen LogP contribution in [-0.4, -0.2) is 9.55 Å². The number of hydrogen-bond donors (Lipinski definition) is 1. The van der Waals surface area contributed by atoms with Crippen molar-refractivity contribution in [2.24, 2.45) is 0 Å². The van der Waals surface area contributed by atoms with E-state index in [4.69, 9.17) is 10.7 Å². The first-order valence-corrected chi connectivity index (χ1v) is 7.59. The summed E-state index contributed by atoms with van der Waals surface area (Å²) in [7, 11) is 0. The van der Waals surface area contributed by atoms with Crippen molar-refractivity contribution < 1.29 is 0 Å². The van der Waals surface area contributed by atoms with Crippen LogP contribution in [0.5, 0.6) is 0 Å². The van der Waals surface area contributed by atoms with E-state index in [1.54, 1.807) is 0 Å². The molecule has 3 heteroatoms. The lowest BCUT2D eigenvalue weighted by Crippen LogP contribution is -2.09. The van der Waals surface area contributed by atoms with E-state index in [1.807, 2.05) is 0 Å². The summed E-state index contributed by atoms with van der Waals surface area (Å²) in [5, 5.41) is 0. The average molecular weight is 269 g/mol. The lowest BCUT2D eigenvalue weighted by atomic mass is 10.0. The number of benzene rings is 1. The third kappa shape index (κ3) is 2.11. The van der Waals surface area contributed by atoms with Gasteiger partial charge in [-0.05, 0) is 38.2 Å². The van der Waals surface area contributed by atoms with Gasteiger partial charge in [-0.25, -0.2) is 4.98 Å². The fourth-order valence-electron chi connectivity index (χ4n) is 2.98. The summed E-state index contributed by atoms with van der Waals surface area (Å²) in [6.45, 7) is 6.46. The van der Waals surface area contributed by atoms with Crippen molar-refractivity contribution in [1.82, 2.24) is 9.55 Å². The van der Waals surface area contributed by atoms with Crippen molar-refractivity contribution in [1.29, 1.82) is 0 Å². The van der Waals surface area contributed by atoms with Crippen molar-refractivity contribution in [3.63, 3.8) is 0 Å². The first kappa shape index (κ1) is 13.2. The highest BCUT2D eigenvalue weighted by Crippen LogP contribution is 2.45. The summed E-state index contributed by atoms with van der Waals surface area (Å²) < 4.78 is 2.17. The molecule has 2 N–H and O–H groups in total. The number of imidazole rings is 1. The van der Waals surface area contributed by atoms with Crippen LogP contribution in [-0.2, 0) is 6.42 Å². The Kier molecular flexibility index (Phi) is 3.28. The van der Waals surface area contributed by atoms with Gasteiger partial charge in [-0.3, -0.25) is 0 Å². The molecule has 0 unspecified atom stereocenters.